The summed E-state index contributed by atoms with van der Waals surface area (Å²) in [5.41, 5.74) is 0. The van der Waals surface area contributed by atoms with Crippen molar-refractivity contribution in [3.05, 3.63) is 0 Å². The highest BCUT2D eigenvalue weighted by Crippen LogP contribution is 2.10. The molecule has 0 aliphatic heterocycles. The van der Waals surface area contributed by atoms with Gasteiger partial charge < -0.3 is 15.3 Å². The van der Waals surface area contributed by atoms with E-state index in [2.05, 4.69) is 0 Å². The maximum absolute atomic E-state index is 10.8. The lowest BCUT2D eigenvalue weighted by atomic mass is 9.96. The van der Waals surface area contributed by atoms with Gasteiger partial charge in [0.25, 0.3) is 0 Å². The molecule has 0 saturated carbocycles. The van der Waals surface area contributed by atoms with Crippen LogP contribution in [0.25, 0.3) is 0 Å². The van der Waals surface area contributed by atoms with E-state index in [0.29, 0.717) is 0 Å². The Morgan fingerprint density at radius 1 is 0.857 bits per heavy atom. The van der Waals surface area contributed by atoms with Gasteiger partial charge in [-0.05, 0) is 0 Å². The van der Waals surface area contributed by atoms with E-state index >= 15 is 0 Å². The summed E-state index contributed by atoms with van der Waals surface area (Å²) in [5.74, 6) is -7.55. The van der Waals surface area contributed by atoms with Crippen molar-refractivity contribution in [3.63, 3.8) is 0 Å². The predicted octanol–water partition coefficient (Wildman–Crippen LogP) is -0.794. The Morgan fingerprint density at radius 2 is 1.21 bits per heavy atom. The summed E-state index contributed by atoms with van der Waals surface area (Å²) < 4.78 is 0. The highest BCUT2D eigenvalue weighted by atomic mass is 16.4. The smallest absolute Gasteiger partial charge is 0.372 e. The third-order valence-electron chi connectivity index (χ3n) is 1.42. The third-order valence-corrected chi connectivity index (χ3v) is 1.42. The van der Waals surface area contributed by atoms with Gasteiger partial charge >= 0.3 is 17.9 Å². The first-order valence-electron chi connectivity index (χ1n) is 3.55. The Hall–Kier alpha value is -1.92. The first-order valence-corrected chi connectivity index (χ1v) is 3.55. The maximum atomic E-state index is 10.8. The summed E-state index contributed by atoms with van der Waals surface area (Å²) in [6.45, 7) is 0. The van der Waals surface area contributed by atoms with Gasteiger partial charge in [0.05, 0.1) is 18.8 Å². The van der Waals surface area contributed by atoms with Gasteiger partial charge in [-0.1, -0.05) is 0 Å². The molecule has 0 spiro atoms. The van der Waals surface area contributed by atoms with E-state index in [0.717, 1.165) is 0 Å². The topological polar surface area (TPSA) is 129 Å². The van der Waals surface area contributed by atoms with Gasteiger partial charge in [0, 0.05) is 0 Å². The van der Waals surface area contributed by atoms with Crippen LogP contribution >= 0.6 is 0 Å². The zero-order valence-corrected chi connectivity index (χ0v) is 6.97. The van der Waals surface area contributed by atoms with E-state index < -0.39 is 42.5 Å². The van der Waals surface area contributed by atoms with Crippen LogP contribution in [-0.4, -0.2) is 39.0 Å². The third kappa shape index (κ3) is 4.19. The van der Waals surface area contributed by atoms with Crippen molar-refractivity contribution in [3.8, 4) is 0 Å². The summed E-state index contributed by atoms with van der Waals surface area (Å²) in [5, 5.41) is 24.8. The molecule has 14 heavy (non-hydrogen) atoms. The maximum Gasteiger partial charge on any atom is 0.372 e. The molecule has 0 bridgehead atoms. The Labute approximate surface area is 78.0 Å². The summed E-state index contributed by atoms with van der Waals surface area (Å²) in [7, 11) is 0. The van der Waals surface area contributed by atoms with Crippen LogP contribution in [0, 0.1) is 5.92 Å². The molecule has 7 heteroatoms. The van der Waals surface area contributed by atoms with E-state index in [-0.39, 0.29) is 0 Å². The van der Waals surface area contributed by atoms with Gasteiger partial charge in [-0.25, -0.2) is 4.79 Å². The second kappa shape index (κ2) is 4.95. The number of hydrogen-bond donors (Lipinski definition) is 3. The minimum absolute atomic E-state index is 0.794. The summed E-state index contributed by atoms with van der Waals surface area (Å²) >= 11 is 0. The molecule has 0 rings (SSSR count). The average Bonchev–Trinajstić information content (AvgIpc) is 1.99. The second-order valence-corrected chi connectivity index (χ2v) is 2.56. The largest absolute Gasteiger partial charge is 0.481 e. The zero-order valence-electron chi connectivity index (χ0n) is 6.97. The molecule has 0 aliphatic carbocycles. The van der Waals surface area contributed by atoms with Crippen molar-refractivity contribution in [2.75, 3.05) is 0 Å². The van der Waals surface area contributed by atoms with Gasteiger partial charge in [0.15, 0.2) is 0 Å². The van der Waals surface area contributed by atoms with Crippen LogP contribution < -0.4 is 0 Å². The summed E-state index contributed by atoms with van der Waals surface area (Å²) in [4.78, 5) is 41.3. The Balaban J connectivity index is 4.54. The van der Waals surface area contributed by atoms with Crippen molar-refractivity contribution in [1.29, 1.82) is 0 Å². The van der Waals surface area contributed by atoms with Crippen LogP contribution in [-0.2, 0) is 19.2 Å². The molecule has 78 valence electrons. The first kappa shape index (κ1) is 12.1. The summed E-state index contributed by atoms with van der Waals surface area (Å²) in [6, 6.07) is 0. The van der Waals surface area contributed by atoms with Crippen LogP contribution in [0.1, 0.15) is 12.8 Å². The van der Waals surface area contributed by atoms with E-state index in [1.54, 1.807) is 0 Å². The highest BCUT2D eigenvalue weighted by molar-refractivity contribution is 6.34. The Morgan fingerprint density at radius 3 is 1.43 bits per heavy atom. The number of Topliss-reactive ketones (excluding diaryl/α,β-unsaturated/α-hetero) is 1. The van der Waals surface area contributed by atoms with Gasteiger partial charge in [-0.2, -0.15) is 0 Å². The minimum Gasteiger partial charge on any atom is -0.481 e. The highest BCUT2D eigenvalue weighted by Gasteiger charge is 2.29. The minimum atomic E-state index is -1.82. The van der Waals surface area contributed by atoms with Gasteiger partial charge in [-0.15, -0.1) is 0 Å². The van der Waals surface area contributed by atoms with Crippen LogP contribution in [0.2, 0.25) is 0 Å². The molecule has 3 N–H and O–H groups in total. The normalized spacial score (nSPS) is 9.79. The second-order valence-electron chi connectivity index (χ2n) is 2.56. The van der Waals surface area contributed by atoms with E-state index in [1.807, 2.05) is 0 Å². The lowest BCUT2D eigenvalue weighted by Crippen LogP contribution is -2.27. The van der Waals surface area contributed by atoms with Crippen molar-refractivity contribution in [2.45, 2.75) is 12.8 Å². The number of carbonyl (C=O) groups is 4. The van der Waals surface area contributed by atoms with Gasteiger partial charge in [-0.3, -0.25) is 14.4 Å². The van der Waals surface area contributed by atoms with Crippen molar-refractivity contribution >= 4 is 23.7 Å². The molecule has 0 heterocycles. The number of ketones is 1. The molecular weight excluding hydrogens is 196 g/mol. The number of carbonyl (C=O) groups excluding carboxylic acids is 1. The van der Waals surface area contributed by atoms with Crippen LogP contribution in [0.15, 0.2) is 0 Å². The van der Waals surface area contributed by atoms with Crippen LogP contribution in [0.4, 0.5) is 0 Å². The molecule has 0 amide bonds. The molecule has 0 unspecified atom stereocenters. The number of carboxylic acid groups (broad SMARTS) is 3. The average molecular weight is 204 g/mol. The van der Waals surface area contributed by atoms with Crippen LogP contribution in [0.3, 0.4) is 0 Å². The molecule has 0 radical (unpaired) electrons. The molecular formula is C7H8O7. The molecule has 0 aromatic heterocycles. The number of rotatable bonds is 6. The zero-order chi connectivity index (χ0) is 11.3. The molecule has 0 atom stereocenters. The van der Waals surface area contributed by atoms with E-state index in [9.17, 15) is 19.2 Å². The molecule has 0 aromatic carbocycles. The lowest BCUT2D eigenvalue weighted by Gasteiger charge is -2.06. The van der Waals surface area contributed by atoms with Crippen LogP contribution in [0.5, 0.6) is 0 Å². The predicted molar refractivity (Wildman–Crippen MR) is 40.6 cm³/mol. The fourth-order valence-corrected chi connectivity index (χ4v) is 0.854. The van der Waals surface area contributed by atoms with E-state index in [1.165, 1.54) is 0 Å². The monoisotopic (exact) mass is 204 g/mol. The Kier molecular flexibility index (Phi) is 4.27. The van der Waals surface area contributed by atoms with Crippen molar-refractivity contribution in [2.24, 2.45) is 5.92 Å². The van der Waals surface area contributed by atoms with Crippen molar-refractivity contribution in [1.82, 2.24) is 0 Å². The van der Waals surface area contributed by atoms with Crippen molar-refractivity contribution < 1.29 is 34.5 Å². The standard InChI is InChI=1S/C7H8O7/c8-4(9)1-3(2-5(10)11)6(12)7(13)14/h3H,1-2H2,(H,8,9)(H,10,11)(H,13,14). The lowest BCUT2D eigenvalue weighted by molar-refractivity contribution is -0.154. The summed E-state index contributed by atoms with van der Waals surface area (Å²) in [6.07, 6.45) is -1.59. The number of hydrogen-bond acceptors (Lipinski definition) is 4. The fourth-order valence-electron chi connectivity index (χ4n) is 0.854. The SMILES string of the molecule is O=C(O)CC(CC(=O)O)C(=O)C(=O)O. The quantitative estimate of drug-likeness (QED) is 0.483. The number of aliphatic carboxylic acids is 3. The van der Waals surface area contributed by atoms with Gasteiger partial charge in [0.2, 0.25) is 5.78 Å². The molecule has 7 nitrogen and oxygen atoms in total. The van der Waals surface area contributed by atoms with E-state index in [4.69, 9.17) is 15.3 Å². The Bertz CT molecular complexity index is 264. The molecule has 0 aliphatic rings. The molecule has 0 aromatic rings. The van der Waals surface area contributed by atoms with Gasteiger partial charge in [0.1, 0.15) is 0 Å². The number of carboxylic acids is 3. The fraction of sp³-hybridized carbons (Fsp3) is 0.429. The molecule has 0 fully saturated rings. The first-order chi connectivity index (χ1) is 6.34. The molecule has 0 saturated heterocycles.